The normalized spacial score (nSPS) is 17.5. The van der Waals surface area contributed by atoms with E-state index in [0.29, 0.717) is 16.5 Å². The molecule has 0 aliphatic carbocycles. The summed E-state index contributed by atoms with van der Waals surface area (Å²) in [5.41, 5.74) is 3.96. The molecule has 11 heteroatoms. The first-order valence-electron chi connectivity index (χ1n) is 11.3. The number of benzene rings is 2. The molecule has 2 atom stereocenters. The molecule has 0 unspecified atom stereocenters. The molecule has 1 fully saturated rings. The van der Waals surface area contributed by atoms with Crippen molar-refractivity contribution in [2.24, 2.45) is 0 Å². The molecule has 2 aromatic carbocycles. The van der Waals surface area contributed by atoms with Crippen molar-refractivity contribution in [3.8, 4) is 11.4 Å². The van der Waals surface area contributed by atoms with Crippen LogP contribution in [0.3, 0.4) is 0 Å². The van der Waals surface area contributed by atoms with Crippen LogP contribution in [0.2, 0.25) is 0 Å². The smallest absolute Gasteiger partial charge is 0.229 e. The van der Waals surface area contributed by atoms with Crippen molar-refractivity contribution >= 4 is 54.7 Å². The lowest BCUT2D eigenvalue weighted by atomic mass is 10.0. The number of sulfonamides is 1. The van der Waals surface area contributed by atoms with Crippen LogP contribution in [-0.4, -0.2) is 36.4 Å². The lowest BCUT2D eigenvalue weighted by molar-refractivity contribution is 0.417. The third-order valence-electron chi connectivity index (χ3n) is 6.04. The molecule has 0 radical (unpaired) electrons. The maximum absolute atomic E-state index is 11.8. The number of nitrogens with one attached hydrogen (secondary N) is 2. The van der Waals surface area contributed by atoms with Crippen molar-refractivity contribution in [2.75, 3.05) is 23.0 Å². The van der Waals surface area contributed by atoms with Gasteiger partial charge in [0.25, 0.3) is 0 Å². The molecule has 5 rings (SSSR count). The summed E-state index contributed by atoms with van der Waals surface area (Å²) in [4.78, 5) is 6.64. The number of nitrogens with zero attached hydrogens (tertiary/aromatic N) is 3. The van der Waals surface area contributed by atoms with Gasteiger partial charge in [-0.25, -0.2) is 8.42 Å². The minimum Gasteiger partial charge on any atom is -0.494 e. The number of rotatable bonds is 7. The Morgan fingerprint density at radius 3 is 2.49 bits per heavy atom. The van der Waals surface area contributed by atoms with Gasteiger partial charge in [-0.1, -0.05) is 22.0 Å². The number of ether oxygens (including phenoxy) is 1. The molecular formula is C26H24BrN5O3S2. The second-order valence-corrected chi connectivity index (χ2v) is 11.6. The first-order chi connectivity index (χ1) is 17.7. The highest BCUT2D eigenvalue weighted by Gasteiger charge is 2.42. The number of hydrogen-bond acceptors (Lipinski definition) is 5. The lowest BCUT2D eigenvalue weighted by Gasteiger charge is -2.29. The van der Waals surface area contributed by atoms with Gasteiger partial charge in [-0.15, -0.1) is 0 Å². The summed E-state index contributed by atoms with van der Waals surface area (Å²) >= 11 is 9.36. The molecule has 1 saturated heterocycles. The summed E-state index contributed by atoms with van der Waals surface area (Å²) in [6, 6.07) is 22.8. The first kappa shape index (κ1) is 25.2. The first-order valence-corrected chi connectivity index (χ1v) is 14.4. The van der Waals surface area contributed by atoms with Crippen molar-refractivity contribution in [1.82, 2.24) is 14.9 Å². The van der Waals surface area contributed by atoms with Gasteiger partial charge >= 0.3 is 0 Å². The minimum absolute atomic E-state index is 0.238. The van der Waals surface area contributed by atoms with Gasteiger partial charge in [0.1, 0.15) is 11.8 Å². The molecular weight excluding hydrogens is 574 g/mol. The highest BCUT2D eigenvalue weighted by atomic mass is 79.9. The maximum Gasteiger partial charge on any atom is 0.229 e. The number of hydrogen-bond donors (Lipinski definition) is 2. The molecule has 1 aliphatic rings. The maximum atomic E-state index is 11.8. The SMILES string of the molecule is COc1cc(N2C(=S)N[C@@H](c3ccccn3)[C@@H]2c2cccn2-c2ccc(Br)cc2)ccc1NS(C)(=O)=O. The van der Waals surface area contributed by atoms with Crippen LogP contribution in [0.25, 0.3) is 5.69 Å². The topological polar surface area (TPSA) is 88.5 Å². The van der Waals surface area contributed by atoms with Gasteiger partial charge in [0.15, 0.2) is 5.11 Å². The lowest BCUT2D eigenvalue weighted by Crippen LogP contribution is -2.30. The third kappa shape index (κ3) is 5.20. The van der Waals surface area contributed by atoms with Crippen LogP contribution in [0, 0.1) is 0 Å². The van der Waals surface area contributed by atoms with Crippen LogP contribution < -0.4 is 19.7 Å². The van der Waals surface area contributed by atoms with Crippen LogP contribution in [0.4, 0.5) is 11.4 Å². The molecule has 4 aromatic rings. The molecule has 190 valence electrons. The number of methoxy groups -OCH3 is 1. The standard InChI is InChI=1S/C26H24BrN5O3S2/c1-35-23-16-19(12-13-20(23)30-37(2,33)34)32-25(24(29-26(32)36)21-6-3-4-14-28-21)22-7-5-15-31(22)18-10-8-17(27)9-11-18/h3-16,24-25,30H,1-2H3,(H,29,36)/t24-,25-/m0/s1. The van der Waals surface area contributed by atoms with Crippen LogP contribution in [0.15, 0.2) is 89.7 Å². The summed E-state index contributed by atoms with van der Waals surface area (Å²) in [7, 11) is -1.98. The Morgan fingerprint density at radius 2 is 1.81 bits per heavy atom. The van der Waals surface area contributed by atoms with Crippen molar-refractivity contribution in [3.05, 3.63) is 101 Å². The Kier molecular flexibility index (Phi) is 6.93. The molecule has 0 bridgehead atoms. The summed E-state index contributed by atoms with van der Waals surface area (Å²) in [6.45, 7) is 0. The fourth-order valence-electron chi connectivity index (χ4n) is 4.52. The number of thiocarbonyl (C=S) groups is 1. The molecule has 8 nitrogen and oxygen atoms in total. The van der Waals surface area contributed by atoms with E-state index in [2.05, 4.69) is 41.6 Å². The summed E-state index contributed by atoms with van der Waals surface area (Å²) in [6.07, 6.45) is 4.89. The third-order valence-corrected chi connectivity index (χ3v) is 7.48. The Labute approximate surface area is 229 Å². The molecule has 2 aromatic heterocycles. The number of anilines is 2. The zero-order valence-electron chi connectivity index (χ0n) is 20.0. The Hall–Kier alpha value is -3.41. The van der Waals surface area contributed by atoms with Crippen molar-refractivity contribution < 1.29 is 13.2 Å². The fourth-order valence-corrected chi connectivity index (χ4v) is 5.70. The zero-order valence-corrected chi connectivity index (χ0v) is 23.2. The Bertz CT molecular complexity index is 1540. The van der Waals surface area contributed by atoms with Gasteiger partial charge in [-0.05, 0) is 72.9 Å². The predicted octanol–water partition coefficient (Wildman–Crippen LogP) is 5.19. The van der Waals surface area contributed by atoms with Crippen LogP contribution in [0.1, 0.15) is 23.5 Å². The Balaban J connectivity index is 1.64. The van der Waals surface area contributed by atoms with Crippen LogP contribution >= 0.6 is 28.1 Å². The average molecular weight is 599 g/mol. The molecule has 0 spiro atoms. The van der Waals surface area contributed by atoms with E-state index >= 15 is 0 Å². The van der Waals surface area contributed by atoms with Crippen molar-refractivity contribution in [1.29, 1.82) is 0 Å². The highest BCUT2D eigenvalue weighted by molar-refractivity contribution is 9.10. The van der Waals surface area contributed by atoms with Gasteiger partial charge in [0, 0.05) is 40.0 Å². The van der Waals surface area contributed by atoms with E-state index in [1.165, 1.54) is 7.11 Å². The van der Waals surface area contributed by atoms with E-state index < -0.39 is 10.0 Å². The van der Waals surface area contributed by atoms with Gasteiger partial charge in [0.05, 0.1) is 30.8 Å². The molecule has 37 heavy (non-hydrogen) atoms. The van der Waals surface area contributed by atoms with E-state index in [-0.39, 0.29) is 12.1 Å². The molecule has 2 N–H and O–H groups in total. The van der Waals surface area contributed by atoms with E-state index in [1.54, 1.807) is 18.3 Å². The number of halogens is 1. The quantitative estimate of drug-likeness (QED) is 0.283. The second kappa shape index (κ2) is 10.2. The number of aromatic nitrogens is 2. The van der Waals surface area contributed by atoms with Crippen LogP contribution in [-0.2, 0) is 10.0 Å². The summed E-state index contributed by atoms with van der Waals surface area (Å²) in [5, 5.41) is 3.98. The van der Waals surface area contributed by atoms with Crippen molar-refractivity contribution in [3.63, 3.8) is 0 Å². The highest BCUT2D eigenvalue weighted by Crippen LogP contribution is 2.44. The average Bonchev–Trinajstić information content (AvgIpc) is 3.49. The van der Waals surface area contributed by atoms with Gasteiger partial charge < -0.3 is 19.5 Å². The fraction of sp³-hybridized carbons (Fsp3) is 0.154. The van der Waals surface area contributed by atoms with Crippen LogP contribution in [0.5, 0.6) is 5.75 Å². The van der Waals surface area contributed by atoms with Gasteiger partial charge in [-0.2, -0.15) is 0 Å². The van der Waals surface area contributed by atoms with E-state index in [0.717, 1.165) is 33.5 Å². The van der Waals surface area contributed by atoms with Crippen molar-refractivity contribution in [2.45, 2.75) is 12.1 Å². The Morgan fingerprint density at radius 1 is 1.05 bits per heavy atom. The number of pyridine rings is 1. The largest absolute Gasteiger partial charge is 0.494 e. The monoisotopic (exact) mass is 597 g/mol. The molecule has 0 amide bonds. The molecule has 1 aliphatic heterocycles. The van der Waals surface area contributed by atoms with Gasteiger partial charge in [-0.3, -0.25) is 9.71 Å². The van der Waals surface area contributed by atoms with E-state index in [9.17, 15) is 8.42 Å². The summed E-state index contributed by atoms with van der Waals surface area (Å²) < 4.78 is 34.8. The predicted molar refractivity (Wildman–Crippen MR) is 153 cm³/mol. The van der Waals surface area contributed by atoms with E-state index in [1.807, 2.05) is 65.7 Å². The van der Waals surface area contributed by atoms with Gasteiger partial charge in [0.2, 0.25) is 10.0 Å². The zero-order chi connectivity index (χ0) is 26.2. The molecule has 3 heterocycles. The second-order valence-electron chi connectivity index (χ2n) is 8.53. The summed E-state index contributed by atoms with van der Waals surface area (Å²) in [5.74, 6) is 0.383. The molecule has 0 saturated carbocycles. The van der Waals surface area contributed by atoms with E-state index in [4.69, 9.17) is 17.0 Å². The minimum atomic E-state index is -3.48.